The smallest absolute Gasteiger partial charge is 0.335 e. The number of carbonyl (C=O) groups excluding carboxylic acids is 3. The van der Waals surface area contributed by atoms with Crippen molar-refractivity contribution in [1.82, 2.24) is 0 Å². The molecule has 12 heteroatoms. The van der Waals surface area contributed by atoms with Gasteiger partial charge in [-0.25, -0.2) is 4.79 Å². The van der Waals surface area contributed by atoms with Gasteiger partial charge >= 0.3 is 23.9 Å². The summed E-state index contributed by atoms with van der Waals surface area (Å²) in [5.41, 5.74) is 0. The Balaban J connectivity index is 2.73. The van der Waals surface area contributed by atoms with Gasteiger partial charge in [0.25, 0.3) is 0 Å². The minimum Gasteiger partial charge on any atom is -0.479 e. The van der Waals surface area contributed by atoms with Crippen molar-refractivity contribution >= 4 is 23.9 Å². The molecule has 1 saturated heterocycles. The summed E-state index contributed by atoms with van der Waals surface area (Å²) in [6, 6.07) is 0. The summed E-state index contributed by atoms with van der Waals surface area (Å²) in [5, 5.41) is 31.4. The zero-order chi connectivity index (χ0) is 54.7. The highest BCUT2D eigenvalue weighted by atomic mass is 16.7. The molecule has 0 aromatic rings. The van der Waals surface area contributed by atoms with Crippen LogP contribution in [0.5, 0.6) is 0 Å². The summed E-state index contributed by atoms with van der Waals surface area (Å²) in [6.07, 6.45) is 54.9. The summed E-state index contributed by atoms with van der Waals surface area (Å²) in [6.45, 7) is 5.69. The second-order valence-corrected chi connectivity index (χ2v) is 19.2. The highest BCUT2D eigenvalue weighted by Gasteiger charge is 2.50. The first-order valence-corrected chi connectivity index (χ1v) is 28.9. The Bertz CT molecular complexity index is 1720. The third-order valence-electron chi connectivity index (χ3n) is 12.3. The molecule has 3 N–H and O–H groups in total. The number of ether oxygens (including phenoxy) is 5. The van der Waals surface area contributed by atoms with Crippen LogP contribution < -0.4 is 0 Å². The van der Waals surface area contributed by atoms with Crippen LogP contribution in [0.1, 0.15) is 213 Å². The number of hydrogen-bond acceptors (Lipinski definition) is 11. The maximum Gasteiger partial charge on any atom is 0.335 e. The van der Waals surface area contributed by atoms with Gasteiger partial charge in [-0.15, -0.1) is 0 Å². The van der Waals surface area contributed by atoms with Gasteiger partial charge in [-0.3, -0.25) is 14.4 Å². The second kappa shape index (κ2) is 50.2. The van der Waals surface area contributed by atoms with Crippen LogP contribution >= 0.6 is 0 Å². The van der Waals surface area contributed by atoms with Gasteiger partial charge in [0.1, 0.15) is 18.8 Å². The number of aliphatic carboxylic acids is 1. The van der Waals surface area contributed by atoms with E-state index in [0.29, 0.717) is 19.3 Å². The van der Waals surface area contributed by atoms with E-state index >= 15 is 0 Å². The number of carboxylic acids is 1. The lowest BCUT2D eigenvalue weighted by Gasteiger charge is -2.40. The first-order valence-electron chi connectivity index (χ1n) is 28.9. The number of rotatable bonds is 47. The second-order valence-electron chi connectivity index (χ2n) is 19.2. The number of hydrogen-bond donors (Lipinski definition) is 3. The van der Waals surface area contributed by atoms with E-state index in [1.807, 2.05) is 0 Å². The average Bonchev–Trinajstić information content (AvgIpc) is 3.39. The number of allylic oxidation sites excluding steroid dienone is 18. The van der Waals surface area contributed by atoms with Crippen LogP contribution in [0.3, 0.4) is 0 Å². The van der Waals surface area contributed by atoms with Gasteiger partial charge in [0, 0.05) is 19.3 Å². The molecule has 6 unspecified atom stereocenters. The summed E-state index contributed by atoms with van der Waals surface area (Å²) in [5.74, 6) is -3.23. The molecular weight excluding hydrogens is 949 g/mol. The standard InChI is InChI=1S/C63H100O12/c1-4-7-10-13-16-19-22-24-26-27-28-29-31-33-36-39-42-45-48-51-57(66)74-61-59(68)58(67)60(62(69)70)75-63(61)72-53-54(73-56(65)50-47-44-41-38-34-21-18-15-12-9-6-3)52-71-55(64)49-46-43-40-37-35-32-30-25-23-20-17-14-11-8-5-2/h7-8,10-11,16-17,19-20,24-26,28-30,33,35-37,54,58-61,63,67-68H,4-6,9,12-15,18,21-23,27,31-32,34,38-53H2,1-3H3,(H,69,70)/b10-7-,11-8-,19-16-,20-17-,26-24-,29-28-,30-25-,36-33-,37-35-. The molecule has 0 spiro atoms. The fraction of sp³-hybridized carbons (Fsp3) is 0.651. The maximum absolute atomic E-state index is 13.1. The van der Waals surface area contributed by atoms with E-state index in [9.17, 15) is 34.5 Å². The van der Waals surface area contributed by atoms with Crippen molar-refractivity contribution in [3.05, 3.63) is 109 Å². The molecule has 424 valence electrons. The summed E-state index contributed by atoms with van der Waals surface area (Å²) < 4.78 is 28.3. The molecule has 0 radical (unpaired) electrons. The first-order chi connectivity index (χ1) is 36.6. The topological polar surface area (TPSA) is 175 Å². The third-order valence-corrected chi connectivity index (χ3v) is 12.3. The fourth-order valence-corrected chi connectivity index (χ4v) is 7.97. The van der Waals surface area contributed by atoms with Gasteiger partial charge in [0.15, 0.2) is 24.6 Å². The lowest BCUT2D eigenvalue weighted by atomic mass is 9.98. The van der Waals surface area contributed by atoms with Crippen LogP contribution in [0.15, 0.2) is 109 Å². The minimum atomic E-state index is -1.92. The largest absolute Gasteiger partial charge is 0.479 e. The van der Waals surface area contributed by atoms with Crippen molar-refractivity contribution in [2.24, 2.45) is 0 Å². The fourth-order valence-electron chi connectivity index (χ4n) is 7.97. The van der Waals surface area contributed by atoms with Gasteiger partial charge in [0.05, 0.1) is 6.61 Å². The lowest BCUT2D eigenvalue weighted by molar-refractivity contribution is -0.301. The molecule has 1 fully saturated rings. The number of esters is 3. The van der Waals surface area contributed by atoms with E-state index in [1.165, 1.54) is 44.9 Å². The third kappa shape index (κ3) is 40.3. The summed E-state index contributed by atoms with van der Waals surface area (Å²) >= 11 is 0. The zero-order valence-electron chi connectivity index (χ0n) is 46.5. The van der Waals surface area contributed by atoms with Gasteiger partial charge in [0.2, 0.25) is 0 Å². The molecule has 1 heterocycles. The predicted molar refractivity (Wildman–Crippen MR) is 303 cm³/mol. The molecule has 0 aliphatic carbocycles. The number of unbranched alkanes of at least 4 members (excludes halogenated alkanes) is 15. The van der Waals surface area contributed by atoms with Crippen LogP contribution in [-0.4, -0.2) is 89.2 Å². The van der Waals surface area contributed by atoms with Gasteiger partial charge in [-0.1, -0.05) is 201 Å². The Morgan fingerprint density at radius 1 is 0.453 bits per heavy atom. The molecule has 0 saturated carbocycles. The first kappa shape index (κ1) is 68.4. The molecule has 1 aliphatic heterocycles. The number of aliphatic hydroxyl groups is 2. The number of aliphatic hydroxyl groups excluding tert-OH is 2. The molecule has 12 nitrogen and oxygen atoms in total. The molecule has 0 aromatic carbocycles. The van der Waals surface area contributed by atoms with Gasteiger partial charge in [-0.05, 0) is 103 Å². The molecule has 0 amide bonds. The highest BCUT2D eigenvalue weighted by molar-refractivity contribution is 5.74. The molecule has 75 heavy (non-hydrogen) atoms. The number of carbonyl (C=O) groups is 4. The van der Waals surface area contributed by atoms with E-state index in [-0.39, 0.29) is 25.9 Å². The monoisotopic (exact) mass is 1050 g/mol. The van der Waals surface area contributed by atoms with Crippen molar-refractivity contribution in [2.45, 2.75) is 250 Å². The summed E-state index contributed by atoms with van der Waals surface area (Å²) in [4.78, 5) is 51.0. The maximum atomic E-state index is 13.1. The van der Waals surface area contributed by atoms with Crippen molar-refractivity contribution in [2.75, 3.05) is 13.2 Å². The Morgan fingerprint density at radius 2 is 0.840 bits per heavy atom. The molecule has 0 bridgehead atoms. The van der Waals surface area contributed by atoms with E-state index < -0.39 is 67.3 Å². The van der Waals surface area contributed by atoms with Crippen molar-refractivity contribution in [3.8, 4) is 0 Å². The minimum absolute atomic E-state index is 0.0126. The van der Waals surface area contributed by atoms with E-state index in [4.69, 9.17) is 23.7 Å². The lowest BCUT2D eigenvalue weighted by Crippen LogP contribution is -2.61. The van der Waals surface area contributed by atoms with E-state index in [2.05, 4.69) is 130 Å². The van der Waals surface area contributed by atoms with Gasteiger partial charge < -0.3 is 39.0 Å². The van der Waals surface area contributed by atoms with Crippen molar-refractivity contribution < 1.29 is 58.2 Å². The molecular formula is C63H100O12. The van der Waals surface area contributed by atoms with Crippen molar-refractivity contribution in [3.63, 3.8) is 0 Å². The van der Waals surface area contributed by atoms with Crippen LogP contribution in [0.4, 0.5) is 0 Å². The van der Waals surface area contributed by atoms with Crippen molar-refractivity contribution in [1.29, 1.82) is 0 Å². The van der Waals surface area contributed by atoms with Crippen LogP contribution in [0.2, 0.25) is 0 Å². The van der Waals surface area contributed by atoms with Crippen LogP contribution in [0.25, 0.3) is 0 Å². The summed E-state index contributed by atoms with van der Waals surface area (Å²) in [7, 11) is 0. The average molecular weight is 1050 g/mol. The predicted octanol–water partition coefficient (Wildman–Crippen LogP) is 14.7. The quantitative estimate of drug-likeness (QED) is 0.0228. The number of carboxylic acid groups (broad SMARTS) is 1. The van der Waals surface area contributed by atoms with Crippen LogP contribution in [0, 0.1) is 0 Å². The molecule has 6 atom stereocenters. The molecule has 0 aromatic heterocycles. The Kier molecular flexibility index (Phi) is 45.8. The van der Waals surface area contributed by atoms with E-state index in [1.54, 1.807) is 0 Å². The Morgan fingerprint density at radius 3 is 1.31 bits per heavy atom. The Labute approximate surface area is 453 Å². The van der Waals surface area contributed by atoms with E-state index in [0.717, 1.165) is 109 Å². The normalized spacial score (nSPS) is 19.0. The molecule has 1 aliphatic rings. The SMILES string of the molecule is CC/C=C\C/C=C\C/C=C\C/C=C\C/C=C\CCCCCC(=O)OC1C(OCC(COC(=O)CCCC/C=C\C/C=C\C/C=C\C/C=C\CC)OC(=O)CCCCCCCCCCCCC)OC(C(=O)O)C(O)C1O. The highest BCUT2D eigenvalue weighted by Crippen LogP contribution is 2.26. The van der Waals surface area contributed by atoms with Crippen LogP contribution in [-0.2, 0) is 42.9 Å². The Hall–Kier alpha value is -4.62. The molecule has 1 rings (SSSR count). The van der Waals surface area contributed by atoms with Gasteiger partial charge in [-0.2, -0.15) is 0 Å². The zero-order valence-corrected chi connectivity index (χ0v) is 46.5.